The molecule has 1 atom stereocenters. The maximum absolute atomic E-state index is 13.1. The minimum atomic E-state index is -0.855. The quantitative estimate of drug-likeness (QED) is 0.907. The fourth-order valence-corrected chi connectivity index (χ4v) is 3.29. The van der Waals surface area contributed by atoms with Crippen LogP contribution >= 0.6 is 0 Å². The van der Waals surface area contributed by atoms with Gasteiger partial charge in [-0.3, -0.25) is 4.90 Å². The van der Waals surface area contributed by atoms with Crippen molar-refractivity contribution >= 4 is 6.03 Å². The second-order valence-electron chi connectivity index (χ2n) is 6.27. The number of carbonyl (C=O) groups is 1. The topological polar surface area (TPSA) is 44.8 Å². The predicted octanol–water partition coefficient (Wildman–Crippen LogP) is 1.62. The first-order valence-electron chi connectivity index (χ1n) is 8.42. The van der Waals surface area contributed by atoms with Gasteiger partial charge in [0.25, 0.3) is 0 Å². The van der Waals surface area contributed by atoms with Crippen LogP contribution in [0.4, 0.5) is 13.6 Å². The largest absolute Gasteiger partial charge is 0.379 e. The van der Waals surface area contributed by atoms with Crippen LogP contribution in [0.25, 0.3) is 0 Å². The van der Waals surface area contributed by atoms with Crippen LogP contribution in [0.1, 0.15) is 12.0 Å². The van der Waals surface area contributed by atoms with E-state index in [1.165, 1.54) is 12.1 Å². The Morgan fingerprint density at radius 2 is 2.00 bits per heavy atom. The molecule has 7 heteroatoms. The van der Waals surface area contributed by atoms with Gasteiger partial charge in [-0.15, -0.1) is 0 Å². The van der Waals surface area contributed by atoms with Gasteiger partial charge in [-0.05, 0) is 30.5 Å². The van der Waals surface area contributed by atoms with Crippen molar-refractivity contribution in [2.24, 2.45) is 0 Å². The Morgan fingerprint density at radius 3 is 2.75 bits per heavy atom. The molecule has 0 aliphatic carbocycles. The molecule has 2 amide bonds. The molecule has 0 bridgehead atoms. The number of morpholine rings is 1. The molecule has 0 spiro atoms. The number of benzene rings is 1. The third kappa shape index (κ3) is 4.21. The Labute approximate surface area is 140 Å². The molecule has 3 rings (SSSR count). The van der Waals surface area contributed by atoms with E-state index in [0.717, 1.165) is 51.9 Å². The predicted molar refractivity (Wildman–Crippen MR) is 85.8 cm³/mol. The van der Waals surface area contributed by atoms with E-state index in [0.29, 0.717) is 24.6 Å². The van der Waals surface area contributed by atoms with Crippen LogP contribution in [0, 0.1) is 11.6 Å². The molecule has 1 aromatic carbocycles. The van der Waals surface area contributed by atoms with Gasteiger partial charge in [-0.2, -0.15) is 0 Å². The average molecular weight is 339 g/mol. The molecular weight excluding hydrogens is 316 g/mol. The molecule has 2 saturated heterocycles. The van der Waals surface area contributed by atoms with Crippen molar-refractivity contribution in [3.05, 3.63) is 35.4 Å². The van der Waals surface area contributed by atoms with E-state index < -0.39 is 11.6 Å². The Hall–Kier alpha value is -1.73. The van der Waals surface area contributed by atoms with E-state index >= 15 is 0 Å². The number of urea groups is 1. The van der Waals surface area contributed by atoms with Crippen LogP contribution in [0.3, 0.4) is 0 Å². The Morgan fingerprint density at radius 1 is 1.21 bits per heavy atom. The highest BCUT2D eigenvalue weighted by Gasteiger charge is 2.30. The molecule has 1 N–H and O–H groups in total. The lowest BCUT2D eigenvalue weighted by atomic mass is 10.1. The maximum Gasteiger partial charge on any atom is 0.317 e. The summed E-state index contributed by atoms with van der Waals surface area (Å²) in [6.45, 7) is 5.26. The summed E-state index contributed by atoms with van der Waals surface area (Å²) >= 11 is 0. The number of nitrogens with one attached hydrogen (secondary N) is 1. The summed E-state index contributed by atoms with van der Waals surface area (Å²) in [6, 6.07) is 4.14. The summed E-state index contributed by atoms with van der Waals surface area (Å²) in [4.78, 5) is 16.4. The molecule has 2 aliphatic heterocycles. The summed E-state index contributed by atoms with van der Waals surface area (Å²) in [6.07, 6.45) is 1.46. The van der Waals surface area contributed by atoms with Crippen LogP contribution < -0.4 is 5.32 Å². The van der Waals surface area contributed by atoms with Crippen LogP contribution in [-0.2, 0) is 11.2 Å². The van der Waals surface area contributed by atoms with E-state index in [4.69, 9.17) is 4.74 Å². The number of carbonyl (C=O) groups excluding carboxylic acids is 1. The van der Waals surface area contributed by atoms with E-state index in [1.54, 1.807) is 0 Å². The molecule has 132 valence electrons. The molecular formula is C17H23F2N3O2. The highest BCUT2D eigenvalue weighted by molar-refractivity contribution is 5.74. The van der Waals surface area contributed by atoms with Crippen molar-refractivity contribution < 1.29 is 18.3 Å². The number of ether oxygens (including phenoxy) is 1. The van der Waals surface area contributed by atoms with Crippen molar-refractivity contribution in [3.8, 4) is 0 Å². The number of likely N-dealkylation sites (tertiary alicyclic amines) is 1. The van der Waals surface area contributed by atoms with Gasteiger partial charge in [0, 0.05) is 38.8 Å². The summed E-state index contributed by atoms with van der Waals surface area (Å²) in [5.74, 6) is -1.71. The van der Waals surface area contributed by atoms with Gasteiger partial charge < -0.3 is 15.0 Å². The third-order valence-corrected chi connectivity index (χ3v) is 4.69. The highest BCUT2D eigenvalue weighted by atomic mass is 19.2. The first kappa shape index (κ1) is 17.1. The maximum atomic E-state index is 13.1. The lowest BCUT2D eigenvalue weighted by Crippen LogP contribution is -2.46. The smallest absolute Gasteiger partial charge is 0.317 e. The summed E-state index contributed by atoms with van der Waals surface area (Å²) in [5.41, 5.74) is 0.668. The minimum Gasteiger partial charge on any atom is -0.379 e. The number of hydrogen-bond acceptors (Lipinski definition) is 3. The lowest BCUT2D eigenvalue weighted by molar-refractivity contribution is 0.0191. The molecule has 2 aliphatic rings. The highest BCUT2D eigenvalue weighted by Crippen LogP contribution is 2.17. The molecule has 5 nitrogen and oxygen atoms in total. The molecule has 1 unspecified atom stereocenters. The first-order chi connectivity index (χ1) is 11.6. The van der Waals surface area contributed by atoms with E-state index in [2.05, 4.69) is 10.2 Å². The van der Waals surface area contributed by atoms with Crippen molar-refractivity contribution in [1.29, 1.82) is 0 Å². The second kappa shape index (κ2) is 7.90. The van der Waals surface area contributed by atoms with E-state index in [9.17, 15) is 13.6 Å². The normalized spacial score (nSPS) is 21.9. The molecule has 1 aromatic rings. The zero-order chi connectivity index (χ0) is 16.9. The van der Waals surface area contributed by atoms with Gasteiger partial charge >= 0.3 is 6.03 Å². The van der Waals surface area contributed by atoms with Crippen LogP contribution in [0.2, 0.25) is 0 Å². The molecule has 2 heterocycles. The first-order valence-corrected chi connectivity index (χ1v) is 8.42. The zero-order valence-corrected chi connectivity index (χ0v) is 13.6. The van der Waals surface area contributed by atoms with Gasteiger partial charge in [0.15, 0.2) is 11.6 Å². The van der Waals surface area contributed by atoms with Gasteiger partial charge in [-0.1, -0.05) is 6.07 Å². The fraction of sp³-hybridized carbons (Fsp3) is 0.588. The second-order valence-corrected chi connectivity index (χ2v) is 6.27. The third-order valence-electron chi connectivity index (χ3n) is 4.69. The summed E-state index contributed by atoms with van der Waals surface area (Å²) in [5, 5.41) is 2.86. The van der Waals surface area contributed by atoms with Crippen LogP contribution in [0.15, 0.2) is 18.2 Å². The molecule has 0 saturated carbocycles. The standard InChI is InChI=1S/C17H23F2N3O2/c18-15-2-1-13(11-16(15)19)3-5-20-17(23)22-6-4-14(12-22)21-7-9-24-10-8-21/h1-2,11,14H,3-10,12H2,(H,20,23). The van der Waals surface area contributed by atoms with Gasteiger partial charge in [0.1, 0.15) is 0 Å². The number of rotatable bonds is 4. The van der Waals surface area contributed by atoms with Crippen LogP contribution in [-0.4, -0.2) is 67.8 Å². The summed E-state index contributed by atoms with van der Waals surface area (Å²) in [7, 11) is 0. The van der Waals surface area contributed by atoms with Gasteiger partial charge in [0.05, 0.1) is 13.2 Å². The minimum absolute atomic E-state index is 0.0895. The van der Waals surface area contributed by atoms with Gasteiger partial charge in [0.2, 0.25) is 0 Å². The molecule has 0 radical (unpaired) electrons. The Bertz CT molecular complexity index is 579. The van der Waals surface area contributed by atoms with Crippen molar-refractivity contribution in [3.63, 3.8) is 0 Å². The number of nitrogens with zero attached hydrogens (tertiary/aromatic N) is 2. The number of amides is 2. The van der Waals surface area contributed by atoms with Crippen LogP contribution in [0.5, 0.6) is 0 Å². The molecule has 24 heavy (non-hydrogen) atoms. The SMILES string of the molecule is O=C(NCCc1ccc(F)c(F)c1)N1CCC(N2CCOCC2)C1. The monoisotopic (exact) mass is 339 g/mol. The Balaban J connectivity index is 1.41. The number of halogens is 2. The molecule has 2 fully saturated rings. The zero-order valence-electron chi connectivity index (χ0n) is 13.6. The molecule has 0 aromatic heterocycles. The lowest BCUT2D eigenvalue weighted by Gasteiger charge is -2.32. The van der Waals surface area contributed by atoms with Crippen molar-refractivity contribution in [2.45, 2.75) is 18.9 Å². The van der Waals surface area contributed by atoms with Gasteiger partial charge in [-0.25, -0.2) is 13.6 Å². The van der Waals surface area contributed by atoms with Crippen molar-refractivity contribution in [2.75, 3.05) is 45.9 Å². The van der Waals surface area contributed by atoms with E-state index in [1.807, 2.05) is 4.90 Å². The van der Waals surface area contributed by atoms with E-state index in [-0.39, 0.29) is 6.03 Å². The summed E-state index contributed by atoms with van der Waals surface area (Å²) < 4.78 is 31.4. The Kier molecular flexibility index (Phi) is 5.63. The van der Waals surface area contributed by atoms with Crippen molar-refractivity contribution in [1.82, 2.24) is 15.1 Å². The average Bonchev–Trinajstić information content (AvgIpc) is 3.09. The fourth-order valence-electron chi connectivity index (χ4n) is 3.29. The number of hydrogen-bond donors (Lipinski definition) is 1.